The summed E-state index contributed by atoms with van der Waals surface area (Å²) in [7, 11) is 3.37. The Labute approximate surface area is 184 Å². The maximum atomic E-state index is 5.56. The third-order valence-corrected chi connectivity index (χ3v) is 5.88. The molecule has 2 aromatic heterocycles. The Morgan fingerprint density at radius 1 is 0.968 bits per heavy atom. The molecule has 4 heteroatoms. The second kappa shape index (κ2) is 9.25. The molecule has 1 N–H and O–H groups in total. The van der Waals surface area contributed by atoms with Crippen molar-refractivity contribution in [1.82, 2.24) is 9.97 Å². The van der Waals surface area contributed by atoms with Crippen molar-refractivity contribution in [3.63, 3.8) is 0 Å². The summed E-state index contributed by atoms with van der Waals surface area (Å²) >= 11 is 0. The largest absolute Gasteiger partial charge is 0.496 e. The molecule has 0 bridgehead atoms. The second-order valence-corrected chi connectivity index (χ2v) is 7.97. The Hall–Kier alpha value is -3.27. The molecule has 0 unspecified atom stereocenters. The number of aromatic nitrogens is 2. The highest BCUT2D eigenvalue weighted by atomic mass is 16.5. The number of rotatable bonds is 5. The van der Waals surface area contributed by atoms with Crippen LogP contribution in [0.5, 0.6) is 11.6 Å². The third kappa shape index (κ3) is 4.43. The first-order valence-corrected chi connectivity index (χ1v) is 10.9. The lowest BCUT2D eigenvalue weighted by Gasteiger charge is -2.13. The number of pyridine rings is 1. The summed E-state index contributed by atoms with van der Waals surface area (Å²) in [5.74, 6) is 1.57. The zero-order chi connectivity index (χ0) is 21.8. The van der Waals surface area contributed by atoms with E-state index >= 15 is 0 Å². The highest BCUT2D eigenvalue weighted by Crippen LogP contribution is 2.35. The molecule has 0 saturated carbocycles. The summed E-state index contributed by atoms with van der Waals surface area (Å²) < 4.78 is 10.8. The minimum Gasteiger partial charge on any atom is -0.496 e. The summed E-state index contributed by atoms with van der Waals surface area (Å²) in [5.41, 5.74) is 9.75. The van der Waals surface area contributed by atoms with Crippen molar-refractivity contribution in [2.75, 3.05) is 14.2 Å². The van der Waals surface area contributed by atoms with E-state index in [0.29, 0.717) is 5.88 Å². The molecule has 0 atom stereocenters. The number of H-pyrrole nitrogens is 1. The van der Waals surface area contributed by atoms with Crippen LogP contribution in [0.15, 0.2) is 60.3 Å². The van der Waals surface area contributed by atoms with Gasteiger partial charge in [0.1, 0.15) is 5.75 Å². The normalized spacial score (nSPS) is 13.9. The Morgan fingerprint density at radius 3 is 2.48 bits per heavy atom. The van der Waals surface area contributed by atoms with E-state index in [2.05, 4.69) is 60.2 Å². The van der Waals surface area contributed by atoms with E-state index in [0.717, 1.165) is 42.7 Å². The fourth-order valence-corrected chi connectivity index (χ4v) is 4.21. The molecule has 1 aromatic carbocycles. The highest BCUT2D eigenvalue weighted by molar-refractivity contribution is 5.84. The first-order valence-electron chi connectivity index (χ1n) is 10.9. The lowest BCUT2D eigenvalue weighted by molar-refractivity contribution is 0.398. The monoisotopic (exact) mass is 414 g/mol. The molecule has 2 heterocycles. The number of aryl methyl sites for hydroxylation is 1. The van der Waals surface area contributed by atoms with Gasteiger partial charge in [-0.1, -0.05) is 30.7 Å². The Kier molecular flexibility index (Phi) is 6.26. The van der Waals surface area contributed by atoms with Crippen LogP contribution in [0.1, 0.15) is 49.1 Å². The number of nitrogens with one attached hydrogen (secondary N) is 1. The Morgan fingerprint density at radius 2 is 1.77 bits per heavy atom. The number of benzene rings is 1. The number of nitrogens with zero attached hydrogens (tertiary/aromatic N) is 1. The topological polar surface area (TPSA) is 47.1 Å². The Bertz CT molecular complexity index is 1120. The smallest absolute Gasteiger partial charge is 0.212 e. The van der Waals surface area contributed by atoms with Crippen molar-refractivity contribution < 1.29 is 9.47 Å². The summed E-state index contributed by atoms with van der Waals surface area (Å²) in [6.45, 7) is 4.38. The molecule has 3 aromatic rings. The van der Waals surface area contributed by atoms with Gasteiger partial charge in [0.2, 0.25) is 5.88 Å². The molecular weight excluding hydrogens is 384 g/mol. The number of aromatic amines is 1. The maximum Gasteiger partial charge on any atom is 0.212 e. The third-order valence-electron chi connectivity index (χ3n) is 5.88. The van der Waals surface area contributed by atoms with Gasteiger partial charge in [0.25, 0.3) is 0 Å². The predicted octanol–water partition coefficient (Wildman–Crippen LogP) is 6.37. The number of hydrogen-bond acceptors (Lipinski definition) is 3. The van der Waals surface area contributed by atoms with Gasteiger partial charge in [-0.25, -0.2) is 4.98 Å². The predicted molar refractivity (Wildman–Crippen MR) is 127 cm³/mol. The molecule has 31 heavy (non-hydrogen) atoms. The van der Waals surface area contributed by atoms with Crippen LogP contribution in [0, 0.1) is 0 Å². The van der Waals surface area contributed by atoms with E-state index in [4.69, 9.17) is 9.47 Å². The van der Waals surface area contributed by atoms with Crippen molar-refractivity contribution in [2.24, 2.45) is 0 Å². The lowest BCUT2D eigenvalue weighted by atomic mass is 9.93. The second-order valence-electron chi connectivity index (χ2n) is 7.97. The van der Waals surface area contributed by atoms with Gasteiger partial charge < -0.3 is 14.5 Å². The minimum absolute atomic E-state index is 0.620. The van der Waals surface area contributed by atoms with Crippen LogP contribution < -0.4 is 9.47 Å². The zero-order valence-corrected chi connectivity index (χ0v) is 18.8. The van der Waals surface area contributed by atoms with Gasteiger partial charge in [-0.15, -0.1) is 0 Å². The molecule has 4 rings (SSSR count). The number of fused-ring (bicyclic) bond motifs is 1. The number of allylic oxidation sites excluding steroid dienone is 3. The van der Waals surface area contributed by atoms with E-state index in [1.807, 2.05) is 18.3 Å². The lowest BCUT2D eigenvalue weighted by Crippen LogP contribution is -1.97. The molecule has 0 spiro atoms. The fraction of sp³-hybridized carbons (Fsp3) is 0.296. The van der Waals surface area contributed by atoms with Gasteiger partial charge in [0.05, 0.1) is 14.2 Å². The molecule has 1 aliphatic rings. The quantitative estimate of drug-likeness (QED) is 0.493. The van der Waals surface area contributed by atoms with Crippen molar-refractivity contribution in [1.29, 1.82) is 0 Å². The molecule has 0 radical (unpaired) electrons. The summed E-state index contributed by atoms with van der Waals surface area (Å²) in [4.78, 5) is 8.06. The summed E-state index contributed by atoms with van der Waals surface area (Å²) in [5, 5.41) is 0. The molecule has 0 saturated heterocycles. The number of hydrogen-bond donors (Lipinski definition) is 1. The molecular formula is C27H30N2O2. The van der Waals surface area contributed by atoms with Crippen molar-refractivity contribution in [3.8, 4) is 22.9 Å². The van der Waals surface area contributed by atoms with Crippen molar-refractivity contribution in [2.45, 2.75) is 39.5 Å². The zero-order valence-electron chi connectivity index (χ0n) is 18.8. The average molecular weight is 415 g/mol. The summed E-state index contributed by atoms with van der Waals surface area (Å²) in [6, 6.07) is 12.7. The molecule has 4 nitrogen and oxygen atoms in total. The van der Waals surface area contributed by atoms with Crippen LogP contribution in [0.3, 0.4) is 0 Å². The van der Waals surface area contributed by atoms with Crippen LogP contribution >= 0.6 is 0 Å². The van der Waals surface area contributed by atoms with Crippen LogP contribution in [-0.2, 0) is 12.8 Å². The van der Waals surface area contributed by atoms with Gasteiger partial charge in [0.15, 0.2) is 0 Å². The van der Waals surface area contributed by atoms with E-state index in [1.165, 1.54) is 33.5 Å². The minimum atomic E-state index is 0.620. The first-order chi connectivity index (χ1) is 15.1. The van der Waals surface area contributed by atoms with Gasteiger partial charge in [-0.2, -0.15) is 0 Å². The number of methoxy groups -OCH3 is 2. The molecule has 0 fully saturated rings. The van der Waals surface area contributed by atoms with Gasteiger partial charge in [-0.3, -0.25) is 0 Å². The van der Waals surface area contributed by atoms with Crippen LogP contribution in [0.2, 0.25) is 0 Å². The standard InChI is InChI=1S/C27H30N2O2/c1-5-19-15-20(10-12-26(19)30-3)22-9-7-6-8-18(2)14-25-23(22)16-24(29-25)21-11-13-27(31-4)28-17-21/h8-13,15-17,29H,5-7,14H2,1-4H3. The van der Waals surface area contributed by atoms with E-state index in [-0.39, 0.29) is 0 Å². The average Bonchev–Trinajstić information content (AvgIpc) is 3.23. The molecule has 1 aliphatic carbocycles. The van der Waals surface area contributed by atoms with E-state index in [9.17, 15) is 0 Å². The highest BCUT2D eigenvalue weighted by Gasteiger charge is 2.17. The number of ether oxygens (including phenoxy) is 2. The molecule has 0 aliphatic heterocycles. The fourth-order valence-electron chi connectivity index (χ4n) is 4.21. The van der Waals surface area contributed by atoms with Crippen LogP contribution in [-0.4, -0.2) is 24.2 Å². The Balaban J connectivity index is 1.82. The van der Waals surface area contributed by atoms with Gasteiger partial charge in [0, 0.05) is 41.2 Å². The van der Waals surface area contributed by atoms with E-state index < -0.39 is 0 Å². The summed E-state index contributed by atoms with van der Waals surface area (Å²) in [6.07, 6.45) is 10.5. The molecule has 0 amide bonds. The molecule has 160 valence electrons. The SMILES string of the molecule is CCc1cc(C2=CCCC=C(C)Cc3[nH]c(-c4ccc(OC)nc4)cc32)ccc1OC. The van der Waals surface area contributed by atoms with Gasteiger partial charge >= 0.3 is 0 Å². The van der Waals surface area contributed by atoms with Crippen LogP contribution in [0.25, 0.3) is 16.8 Å². The first kappa shape index (κ1) is 21.0. The van der Waals surface area contributed by atoms with Crippen molar-refractivity contribution in [3.05, 3.63) is 82.7 Å². The maximum absolute atomic E-state index is 5.56. The van der Waals surface area contributed by atoms with Crippen molar-refractivity contribution >= 4 is 5.57 Å². The van der Waals surface area contributed by atoms with E-state index in [1.54, 1.807) is 14.2 Å². The van der Waals surface area contributed by atoms with Crippen LogP contribution in [0.4, 0.5) is 0 Å². The van der Waals surface area contributed by atoms with Gasteiger partial charge in [-0.05, 0) is 67.2 Å².